The van der Waals surface area contributed by atoms with Crippen LogP contribution in [0.1, 0.15) is 6.42 Å². The van der Waals surface area contributed by atoms with Crippen LogP contribution in [0, 0.1) is 0 Å². The van der Waals surface area contributed by atoms with Crippen molar-refractivity contribution >= 4 is 6.21 Å². The van der Waals surface area contributed by atoms with E-state index in [0.717, 1.165) is 12.1 Å². The van der Waals surface area contributed by atoms with Gasteiger partial charge in [0.05, 0.1) is 0 Å². The first-order valence-corrected chi connectivity index (χ1v) is 2.50. The van der Waals surface area contributed by atoms with Gasteiger partial charge < -0.3 is 5.32 Å². The smallest absolute Gasteiger partial charge is 0.0424 e. The van der Waals surface area contributed by atoms with E-state index in [2.05, 4.69) is 16.9 Å². The summed E-state index contributed by atoms with van der Waals surface area (Å²) in [5, 5.41) is 2.94. The number of aliphatic imine (C=N–C) groups is 1. The second-order valence-electron chi connectivity index (χ2n) is 1.60. The third kappa shape index (κ3) is 1.22. The Hall–Kier alpha value is -1.05. The van der Waals surface area contributed by atoms with Crippen LogP contribution in [-0.4, -0.2) is 6.21 Å². The molecule has 0 aromatic heterocycles. The zero-order chi connectivity index (χ0) is 5.82. The summed E-state index contributed by atoms with van der Waals surface area (Å²) in [5.41, 5.74) is 0.988. The Kier molecular flexibility index (Phi) is 1.47. The van der Waals surface area contributed by atoms with Crippen molar-refractivity contribution in [3.05, 3.63) is 24.7 Å². The van der Waals surface area contributed by atoms with Gasteiger partial charge in [-0.25, -0.2) is 0 Å². The molecule has 0 spiro atoms. The normalized spacial score (nSPS) is 17.8. The quantitative estimate of drug-likeness (QED) is 0.492. The number of nitrogens with one attached hydrogen (secondary N) is 1. The molecular formula is C6H8N2. The maximum absolute atomic E-state index is 3.89. The van der Waals surface area contributed by atoms with Gasteiger partial charge in [0.2, 0.25) is 0 Å². The minimum atomic E-state index is 0.826. The first kappa shape index (κ1) is 5.09. The molecule has 0 radical (unpaired) electrons. The van der Waals surface area contributed by atoms with E-state index in [0.29, 0.717) is 0 Å². The van der Waals surface area contributed by atoms with Crippen LogP contribution in [0.3, 0.4) is 0 Å². The van der Waals surface area contributed by atoms with E-state index in [9.17, 15) is 0 Å². The molecule has 0 atom stereocenters. The molecule has 1 heterocycles. The van der Waals surface area contributed by atoms with Gasteiger partial charge in [0.15, 0.2) is 0 Å². The summed E-state index contributed by atoms with van der Waals surface area (Å²) >= 11 is 0. The average Bonchev–Trinajstić information content (AvgIpc) is 1.94. The third-order valence-electron chi connectivity index (χ3n) is 0.891. The monoisotopic (exact) mass is 108 g/mol. The topological polar surface area (TPSA) is 24.4 Å². The lowest BCUT2D eigenvalue weighted by molar-refractivity contribution is 1.04. The summed E-state index contributed by atoms with van der Waals surface area (Å²) in [5.74, 6) is 0. The first-order valence-electron chi connectivity index (χ1n) is 2.50. The van der Waals surface area contributed by atoms with Gasteiger partial charge in [-0.3, -0.25) is 4.99 Å². The van der Waals surface area contributed by atoms with Crippen LogP contribution in [0.4, 0.5) is 0 Å². The van der Waals surface area contributed by atoms with Crippen LogP contribution in [0.5, 0.6) is 0 Å². The molecule has 0 aromatic carbocycles. The number of hydrogen-bond acceptors (Lipinski definition) is 2. The molecule has 0 saturated carbocycles. The van der Waals surface area contributed by atoms with Crippen molar-refractivity contribution in [1.82, 2.24) is 5.32 Å². The van der Waals surface area contributed by atoms with Gasteiger partial charge >= 0.3 is 0 Å². The Morgan fingerprint density at radius 1 is 1.75 bits per heavy atom. The minimum Gasteiger partial charge on any atom is -0.364 e. The largest absolute Gasteiger partial charge is 0.364 e. The van der Waals surface area contributed by atoms with Gasteiger partial charge in [-0.05, 0) is 0 Å². The van der Waals surface area contributed by atoms with Crippen molar-refractivity contribution in [1.29, 1.82) is 0 Å². The first-order chi connectivity index (χ1) is 3.89. The molecule has 8 heavy (non-hydrogen) atoms. The summed E-state index contributed by atoms with van der Waals surface area (Å²) < 4.78 is 0. The van der Waals surface area contributed by atoms with Gasteiger partial charge in [-0.2, -0.15) is 0 Å². The predicted molar refractivity (Wildman–Crippen MR) is 34.5 cm³/mol. The summed E-state index contributed by atoms with van der Waals surface area (Å²) in [6.07, 6.45) is 6.12. The fourth-order valence-corrected chi connectivity index (χ4v) is 0.481. The van der Waals surface area contributed by atoms with Gasteiger partial charge in [-0.1, -0.05) is 6.58 Å². The molecule has 0 aromatic rings. The standard InChI is InChI=1S/C6H8N2/c1-6-2-3-7-4-5-8-6/h3-5,8H,1-2H2. The van der Waals surface area contributed by atoms with Crippen molar-refractivity contribution in [3.63, 3.8) is 0 Å². The van der Waals surface area contributed by atoms with Crippen molar-refractivity contribution in [2.45, 2.75) is 6.42 Å². The van der Waals surface area contributed by atoms with Crippen molar-refractivity contribution in [2.24, 2.45) is 4.99 Å². The van der Waals surface area contributed by atoms with E-state index >= 15 is 0 Å². The van der Waals surface area contributed by atoms with Crippen molar-refractivity contribution in [3.8, 4) is 0 Å². The second kappa shape index (κ2) is 2.31. The molecule has 1 N–H and O–H groups in total. The summed E-state index contributed by atoms with van der Waals surface area (Å²) in [7, 11) is 0. The van der Waals surface area contributed by atoms with E-state index in [4.69, 9.17) is 0 Å². The number of rotatable bonds is 0. The Morgan fingerprint density at radius 3 is 3.50 bits per heavy atom. The van der Waals surface area contributed by atoms with Crippen LogP contribution >= 0.6 is 0 Å². The Labute approximate surface area is 48.6 Å². The molecule has 0 amide bonds. The molecule has 0 fully saturated rings. The molecule has 0 aliphatic carbocycles. The van der Waals surface area contributed by atoms with E-state index in [1.54, 1.807) is 12.4 Å². The molecule has 0 unspecified atom stereocenters. The van der Waals surface area contributed by atoms with E-state index in [1.165, 1.54) is 0 Å². The minimum absolute atomic E-state index is 0.826. The predicted octanol–water partition coefficient (Wildman–Crippen LogP) is 1.04. The molecule has 2 nitrogen and oxygen atoms in total. The number of hydrogen-bond donors (Lipinski definition) is 1. The molecule has 0 bridgehead atoms. The number of nitrogens with zero attached hydrogens (tertiary/aromatic N) is 1. The van der Waals surface area contributed by atoms with Crippen molar-refractivity contribution < 1.29 is 0 Å². The zero-order valence-electron chi connectivity index (χ0n) is 4.59. The van der Waals surface area contributed by atoms with Crippen LogP contribution in [-0.2, 0) is 0 Å². The highest BCUT2D eigenvalue weighted by Gasteiger charge is 1.87. The van der Waals surface area contributed by atoms with Gasteiger partial charge in [-0.15, -0.1) is 0 Å². The summed E-state index contributed by atoms with van der Waals surface area (Å²) in [4.78, 5) is 3.89. The lowest BCUT2D eigenvalue weighted by atomic mass is 10.4. The highest BCUT2D eigenvalue weighted by Crippen LogP contribution is 1.92. The Balaban J connectivity index is 2.58. The molecule has 1 aliphatic rings. The number of allylic oxidation sites excluding steroid dienone is 1. The maximum Gasteiger partial charge on any atom is 0.0424 e. The van der Waals surface area contributed by atoms with Gasteiger partial charge in [0.1, 0.15) is 0 Å². The fourth-order valence-electron chi connectivity index (χ4n) is 0.481. The van der Waals surface area contributed by atoms with Crippen molar-refractivity contribution in [2.75, 3.05) is 0 Å². The Morgan fingerprint density at radius 2 is 2.62 bits per heavy atom. The van der Waals surface area contributed by atoms with Crippen LogP contribution in [0.15, 0.2) is 29.7 Å². The lowest BCUT2D eigenvalue weighted by Crippen LogP contribution is -2.00. The maximum atomic E-state index is 3.89. The molecule has 1 rings (SSSR count). The highest BCUT2D eigenvalue weighted by atomic mass is 14.9. The summed E-state index contributed by atoms with van der Waals surface area (Å²) in [6, 6.07) is 0. The third-order valence-corrected chi connectivity index (χ3v) is 0.891. The van der Waals surface area contributed by atoms with Crippen LogP contribution in [0.2, 0.25) is 0 Å². The SMILES string of the molecule is C=C1CC=NC=CN1. The second-order valence-corrected chi connectivity index (χ2v) is 1.60. The molecule has 42 valence electrons. The molecular weight excluding hydrogens is 100 g/mol. The fraction of sp³-hybridized carbons (Fsp3) is 0.167. The average molecular weight is 108 g/mol. The van der Waals surface area contributed by atoms with Gasteiger partial charge in [0.25, 0.3) is 0 Å². The zero-order valence-corrected chi connectivity index (χ0v) is 4.59. The van der Waals surface area contributed by atoms with E-state index < -0.39 is 0 Å². The van der Waals surface area contributed by atoms with E-state index in [-0.39, 0.29) is 0 Å². The van der Waals surface area contributed by atoms with E-state index in [1.807, 2.05) is 6.21 Å². The van der Waals surface area contributed by atoms with Crippen LogP contribution < -0.4 is 5.32 Å². The van der Waals surface area contributed by atoms with Gasteiger partial charge in [0, 0.05) is 30.7 Å². The molecule has 1 aliphatic heterocycles. The molecule has 2 heteroatoms. The summed E-state index contributed by atoms with van der Waals surface area (Å²) in [6.45, 7) is 3.72. The highest BCUT2D eigenvalue weighted by molar-refractivity contribution is 5.62. The lowest BCUT2D eigenvalue weighted by Gasteiger charge is -1.94. The molecule has 0 saturated heterocycles. The Bertz CT molecular complexity index is 129. The van der Waals surface area contributed by atoms with Crippen LogP contribution in [0.25, 0.3) is 0 Å².